The van der Waals surface area contributed by atoms with Gasteiger partial charge >= 0.3 is 0 Å². The highest BCUT2D eigenvalue weighted by Gasteiger charge is 2.29. The molecule has 2 aromatic carbocycles. The Bertz CT molecular complexity index is 849. The largest absolute Gasteiger partial charge is 0.497 e. The number of hydrogen-bond acceptors (Lipinski definition) is 6. The van der Waals surface area contributed by atoms with E-state index < -0.39 is 0 Å². The van der Waals surface area contributed by atoms with Crippen molar-refractivity contribution in [2.75, 3.05) is 12.9 Å². The van der Waals surface area contributed by atoms with Gasteiger partial charge in [0, 0.05) is 5.75 Å². The summed E-state index contributed by atoms with van der Waals surface area (Å²) in [6.45, 7) is 4.49. The first-order valence-corrected chi connectivity index (χ1v) is 9.87. The number of nitrogens with zero attached hydrogens (tertiary/aromatic N) is 2. The molecule has 0 spiro atoms. The molecule has 0 radical (unpaired) electrons. The molecule has 2 N–H and O–H groups in total. The molecule has 1 heterocycles. The summed E-state index contributed by atoms with van der Waals surface area (Å²) in [5.41, 5.74) is 9.70. The number of ether oxygens (including phenoxy) is 1. The van der Waals surface area contributed by atoms with E-state index in [1.807, 2.05) is 43.3 Å². The van der Waals surface area contributed by atoms with Gasteiger partial charge in [0.2, 0.25) is 0 Å². The number of methoxy groups -OCH3 is 1. The van der Waals surface area contributed by atoms with Crippen LogP contribution in [0.5, 0.6) is 5.75 Å². The quantitative estimate of drug-likeness (QED) is 0.596. The molecular formula is C21H25N3O2S. The Labute approximate surface area is 164 Å². The average molecular weight is 384 g/mol. The Balaban J connectivity index is 1.70. The Morgan fingerprint density at radius 1 is 1.26 bits per heavy atom. The van der Waals surface area contributed by atoms with Gasteiger partial charge in [-0.05, 0) is 55.2 Å². The first-order chi connectivity index (χ1) is 13.0. The van der Waals surface area contributed by atoms with Gasteiger partial charge in [-0.1, -0.05) is 47.2 Å². The third-order valence-electron chi connectivity index (χ3n) is 4.69. The van der Waals surface area contributed by atoms with E-state index in [-0.39, 0.29) is 5.54 Å². The van der Waals surface area contributed by atoms with Crippen molar-refractivity contribution in [1.82, 2.24) is 0 Å². The van der Waals surface area contributed by atoms with Gasteiger partial charge in [0.1, 0.15) is 12.4 Å². The summed E-state index contributed by atoms with van der Waals surface area (Å²) < 4.78 is 5.16. The van der Waals surface area contributed by atoms with Gasteiger partial charge in [-0.25, -0.2) is 0 Å². The van der Waals surface area contributed by atoms with Crippen LogP contribution in [0.4, 0.5) is 0 Å². The molecule has 0 bridgehead atoms. The van der Waals surface area contributed by atoms with Crippen molar-refractivity contribution in [2.45, 2.75) is 32.4 Å². The minimum Gasteiger partial charge on any atom is -0.497 e. The summed E-state index contributed by atoms with van der Waals surface area (Å²) in [7, 11) is 1.65. The molecule has 1 atom stereocenters. The van der Waals surface area contributed by atoms with Crippen molar-refractivity contribution < 1.29 is 9.57 Å². The van der Waals surface area contributed by atoms with Crippen molar-refractivity contribution in [3.8, 4) is 5.75 Å². The second-order valence-electron chi connectivity index (χ2n) is 6.70. The lowest BCUT2D eigenvalue weighted by Gasteiger charge is -2.30. The van der Waals surface area contributed by atoms with Crippen LogP contribution in [0.15, 0.2) is 58.7 Å². The summed E-state index contributed by atoms with van der Waals surface area (Å²) >= 11 is 1.61. The normalized spacial score (nSPS) is 20.1. The van der Waals surface area contributed by atoms with E-state index in [0.717, 1.165) is 40.3 Å². The Morgan fingerprint density at radius 2 is 2.04 bits per heavy atom. The number of hydrogen-bond donors (Lipinski definition) is 1. The van der Waals surface area contributed by atoms with Crippen LogP contribution in [0.1, 0.15) is 37.0 Å². The van der Waals surface area contributed by atoms with Gasteiger partial charge in [0.25, 0.3) is 0 Å². The summed E-state index contributed by atoms with van der Waals surface area (Å²) in [4.78, 5) is 10.2. The van der Waals surface area contributed by atoms with Crippen LogP contribution in [0.25, 0.3) is 0 Å². The molecule has 6 heteroatoms. The molecule has 0 saturated heterocycles. The first kappa shape index (κ1) is 19.3. The number of benzene rings is 2. The third-order valence-corrected chi connectivity index (χ3v) is 5.49. The van der Waals surface area contributed by atoms with Gasteiger partial charge < -0.3 is 15.3 Å². The Kier molecular flexibility index (Phi) is 6.06. The lowest BCUT2D eigenvalue weighted by atomic mass is 9.88. The van der Waals surface area contributed by atoms with Gasteiger partial charge in [0.05, 0.1) is 18.4 Å². The molecule has 1 aliphatic heterocycles. The van der Waals surface area contributed by atoms with Crippen LogP contribution in [-0.2, 0) is 17.0 Å². The van der Waals surface area contributed by atoms with Crippen LogP contribution in [-0.4, -0.2) is 23.7 Å². The molecule has 142 valence electrons. The van der Waals surface area contributed by atoms with E-state index in [0.29, 0.717) is 11.8 Å². The summed E-state index contributed by atoms with van der Waals surface area (Å²) in [6.07, 6.45) is 0.964. The van der Waals surface area contributed by atoms with Gasteiger partial charge in [-0.2, -0.15) is 0 Å². The minimum atomic E-state index is -0.282. The molecular weight excluding hydrogens is 358 g/mol. The zero-order valence-electron chi connectivity index (χ0n) is 15.9. The van der Waals surface area contributed by atoms with Crippen molar-refractivity contribution in [3.05, 3.63) is 65.2 Å². The van der Waals surface area contributed by atoms with Crippen LogP contribution in [0, 0.1) is 0 Å². The van der Waals surface area contributed by atoms with Crippen molar-refractivity contribution in [2.24, 2.45) is 15.9 Å². The number of rotatable bonds is 6. The Morgan fingerprint density at radius 3 is 2.74 bits per heavy atom. The van der Waals surface area contributed by atoms with E-state index in [4.69, 9.17) is 15.3 Å². The van der Waals surface area contributed by atoms with Gasteiger partial charge in [-0.15, -0.1) is 0 Å². The maximum Gasteiger partial charge on any atom is 0.154 e. The maximum atomic E-state index is 5.95. The van der Waals surface area contributed by atoms with Crippen LogP contribution >= 0.6 is 11.8 Å². The van der Waals surface area contributed by atoms with E-state index >= 15 is 0 Å². The first-order valence-electron chi connectivity index (χ1n) is 8.89. The highest BCUT2D eigenvalue weighted by molar-refractivity contribution is 8.13. The highest BCUT2D eigenvalue weighted by atomic mass is 32.2. The molecule has 3 rings (SSSR count). The summed E-state index contributed by atoms with van der Waals surface area (Å²) in [5, 5.41) is 4.93. The SMILES string of the molecule is COc1ccc(CON=C(C)c2cccc(C3(C)CCSC(N)=N3)c2)cc1. The number of nitrogens with two attached hydrogens (primary N) is 1. The number of amidine groups is 1. The molecule has 1 aliphatic rings. The summed E-state index contributed by atoms with van der Waals surface area (Å²) in [5.74, 6) is 1.81. The third kappa shape index (κ3) is 4.83. The van der Waals surface area contributed by atoms with E-state index in [2.05, 4.69) is 29.2 Å². The van der Waals surface area contributed by atoms with Crippen molar-refractivity contribution in [3.63, 3.8) is 0 Å². The molecule has 2 aromatic rings. The topological polar surface area (TPSA) is 69.2 Å². The summed E-state index contributed by atoms with van der Waals surface area (Å²) in [6, 6.07) is 16.1. The fourth-order valence-corrected chi connectivity index (χ4v) is 3.93. The van der Waals surface area contributed by atoms with Gasteiger partial charge in [0.15, 0.2) is 5.17 Å². The minimum absolute atomic E-state index is 0.282. The van der Waals surface area contributed by atoms with E-state index in [1.165, 1.54) is 0 Å². The fourth-order valence-electron chi connectivity index (χ4n) is 2.95. The smallest absolute Gasteiger partial charge is 0.154 e. The van der Waals surface area contributed by atoms with E-state index in [9.17, 15) is 0 Å². The molecule has 0 aromatic heterocycles. The molecule has 0 saturated carbocycles. The predicted molar refractivity (Wildman–Crippen MR) is 112 cm³/mol. The molecule has 5 nitrogen and oxygen atoms in total. The van der Waals surface area contributed by atoms with Crippen LogP contribution < -0.4 is 10.5 Å². The fraction of sp³-hybridized carbons (Fsp3) is 0.333. The zero-order chi connectivity index (χ0) is 19.3. The number of aliphatic imine (C=N–C) groups is 1. The number of thioether (sulfide) groups is 1. The lowest BCUT2D eigenvalue weighted by molar-refractivity contribution is 0.130. The second kappa shape index (κ2) is 8.48. The maximum absolute atomic E-state index is 5.95. The number of oxime groups is 1. The molecule has 0 fully saturated rings. The van der Waals surface area contributed by atoms with Crippen molar-refractivity contribution in [1.29, 1.82) is 0 Å². The average Bonchev–Trinajstić information content (AvgIpc) is 2.68. The monoisotopic (exact) mass is 383 g/mol. The van der Waals surface area contributed by atoms with Crippen LogP contribution in [0.2, 0.25) is 0 Å². The standard InChI is InChI=1S/C21H25N3O2S/c1-15(24-26-14-16-7-9-19(25-3)10-8-16)17-5-4-6-18(13-17)21(2)11-12-27-20(22)23-21/h4-10,13H,11-12,14H2,1-3H3,(H2,22,23). The molecule has 0 aliphatic carbocycles. The second-order valence-corrected chi connectivity index (χ2v) is 7.82. The molecule has 1 unspecified atom stereocenters. The zero-order valence-corrected chi connectivity index (χ0v) is 16.8. The molecule has 0 amide bonds. The van der Waals surface area contributed by atoms with Crippen molar-refractivity contribution >= 4 is 22.6 Å². The Hall–Kier alpha value is -2.47. The van der Waals surface area contributed by atoms with Crippen LogP contribution in [0.3, 0.4) is 0 Å². The van der Waals surface area contributed by atoms with E-state index in [1.54, 1.807) is 18.9 Å². The van der Waals surface area contributed by atoms with Gasteiger partial charge in [-0.3, -0.25) is 4.99 Å². The lowest BCUT2D eigenvalue weighted by Crippen LogP contribution is -2.28. The highest BCUT2D eigenvalue weighted by Crippen LogP contribution is 2.35. The predicted octanol–water partition coefficient (Wildman–Crippen LogP) is 4.30. The molecule has 27 heavy (non-hydrogen) atoms.